The van der Waals surface area contributed by atoms with Crippen LogP contribution in [0.3, 0.4) is 0 Å². The zero-order valence-electron chi connectivity index (χ0n) is 11.9. The van der Waals surface area contributed by atoms with E-state index in [0.29, 0.717) is 0 Å². The lowest BCUT2D eigenvalue weighted by molar-refractivity contribution is 0.352. The summed E-state index contributed by atoms with van der Waals surface area (Å²) in [6.45, 7) is 2.11. The second-order valence-electron chi connectivity index (χ2n) is 5.20. The molecule has 0 spiro atoms. The number of nitrogens with one attached hydrogen (secondary N) is 1. The highest BCUT2D eigenvalue weighted by atomic mass is 32.1. The summed E-state index contributed by atoms with van der Waals surface area (Å²) in [4.78, 5) is 6.60. The van der Waals surface area contributed by atoms with Gasteiger partial charge in [0.2, 0.25) is 0 Å². The van der Waals surface area contributed by atoms with Gasteiger partial charge in [-0.25, -0.2) is 0 Å². The maximum atomic E-state index is 5.42. The van der Waals surface area contributed by atoms with Crippen molar-refractivity contribution in [2.24, 2.45) is 7.05 Å². The molecule has 20 heavy (non-hydrogen) atoms. The highest BCUT2D eigenvalue weighted by molar-refractivity contribution is 7.80. The molecule has 2 unspecified atom stereocenters. The van der Waals surface area contributed by atoms with E-state index in [9.17, 15) is 0 Å². The highest BCUT2D eigenvalue weighted by Crippen LogP contribution is 2.37. The van der Waals surface area contributed by atoms with Gasteiger partial charge >= 0.3 is 0 Å². The van der Waals surface area contributed by atoms with E-state index >= 15 is 0 Å². The van der Waals surface area contributed by atoms with E-state index in [4.69, 9.17) is 12.2 Å². The third-order valence-electron chi connectivity index (χ3n) is 4.05. The number of likely N-dealkylation sites (N-methyl/N-ethyl adjacent to an activating group) is 1. The van der Waals surface area contributed by atoms with Gasteiger partial charge in [-0.15, -0.1) is 0 Å². The molecule has 5 heteroatoms. The van der Waals surface area contributed by atoms with Crippen LogP contribution >= 0.6 is 12.2 Å². The molecule has 2 atom stereocenters. The molecule has 0 amide bonds. The van der Waals surface area contributed by atoms with Crippen molar-refractivity contribution in [1.29, 1.82) is 0 Å². The van der Waals surface area contributed by atoms with Crippen LogP contribution < -0.4 is 5.32 Å². The fourth-order valence-electron chi connectivity index (χ4n) is 2.76. The van der Waals surface area contributed by atoms with Crippen molar-refractivity contribution in [3.8, 4) is 0 Å². The zero-order chi connectivity index (χ0) is 14.3. The Morgan fingerprint density at radius 3 is 2.60 bits per heavy atom. The van der Waals surface area contributed by atoms with E-state index in [0.717, 1.165) is 10.8 Å². The van der Waals surface area contributed by atoms with Gasteiger partial charge in [0.05, 0.1) is 17.8 Å². The van der Waals surface area contributed by atoms with Crippen LogP contribution in [0.5, 0.6) is 0 Å². The minimum Gasteiger partial charge on any atom is -0.352 e. The maximum Gasteiger partial charge on any atom is 0.169 e. The first kappa shape index (κ1) is 13.1. The number of nitrogens with zero attached hydrogens (tertiary/aromatic N) is 3. The number of aromatic nitrogens is 2. The summed E-state index contributed by atoms with van der Waals surface area (Å²) in [6, 6.07) is 10.5. The van der Waals surface area contributed by atoms with Gasteiger partial charge < -0.3 is 14.8 Å². The first-order chi connectivity index (χ1) is 9.59. The molecular weight excluding hydrogens is 268 g/mol. The molecule has 1 saturated heterocycles. The zero-order valence-corrected chi connectivity index (χ0v) is 12.7. The monoisotopic (exact) mass is 286 g/mol. The average Bonchev–Trinajstić information content (AvgIpc) is 2.93. The van der Waals surface area contributed by atoms with Gasteiger partial charge in [0.25, 0.3) is 0 Å². The van der Waals surface area contributed by atoms with E-state index in [-0.39, 0.29) is 12.1 Å². The molecule has 1 aliphatic heterocycles. The van der Waals surface area contributed by atoms with Gasteiger partial charge in [0.15, 0.2) is 5.11 Å². The summed E-state index contributed by atoms with van der Waals surface area (Å²) in [5.74, 6) is 0. The fourth-order valence-corrected chi connectivity index (χ4v) is 3.00. The van der Waals surface area contributed by atoms with Crippen molar-refractivity contribution in [3.63, 3.8) is 0 Å². The number of hydrogen-bond donors (Lipinski definition) is 1. The Morgan fingerprint density at radius 1 is 1.20 bits per heavy atom. The molecule has 0 radical (unpaired) electrons. The minimum absolute atomic E-state index is 0.0849. The Kier molecular flexibility index (Phi) is 3.22. The molecule has 0 bridgehead atoms. The SMILES string of the molecule is Cc1ccc(C2C(c3ccccn3)NC(=S)N2C)n1C. The summed E-state index contributed by atoms with van der Waals surface area (Å²) >= 11 is 5.42. The molecule has 3 heterocycles. The third kappa shape index (κ3) is 1.98. The maximum absolute atomic E-state index is 5.42. The topological polar surface area (TPSA) is 33.1 Å². The summed E-state index contributed by atoms with van der Waals surface area (Å²) in [5, 5.41) is 4.15. The number of rotatable bonds is 2. The molecular formula is C15H18N4S. The Morgan fingerprint density at radius 2 is 2.00 bits per heavy atom. The molecule has 0 saturated carbocycles. The molecule has 0 aromatic carbocycles. The van der Waals surface area contributed by atoms with Gasteiger partial charge in [-0.2, -0.15) is 0 Å². The van der Waals surface area contributed by atoms with E-state index in [1.807, 2.05) is 31.4 Å². The average molecular weight is 286 g/mol. The van der Waals surface area contributed by atoms with Crippen LogP contribution in [0.4, 0.5) is 0 Å². The van der Waals surface area contributed by atoms with Gasteiger partial charge in [0.1, 0.15) is 0 Å². The first-order valence-electron chi connectivity index (χ1n) is 6.66. The quantitative estimate of drug-likeness (QED) is 0.859. The van der Waals surface area contributed by atoms with Crippen molar-refractivity contribution >= 4 is 17.3 Å². The number of hydrogen-bond acceptors (Lipinski definition) is 2. The predicted octanol–water partition coefficient (Wildman–Crippen LogP) is 2.33. The van der Waals surface area contributed by atoms with Crippen molar-refractivity contribution in [2.45, 2.75) is 19.0 Å². The lowest BCUT2D eigenvalue weighted by Crippen LogP contribution is -2.25. The van der Waals surface area contributed by atoms with E-state index in [2.05, 4.69) is 45.9 Å². The van der Waals surface area contributed by atoms with E-state index in [1.165, 1.54) is 11.4 Å². The predicted molar refractivity (Wildman–Crippen MR) is 83.4 cm³/mol. The molecule has 2 aromatic heterocycles. The molecule has 3 rings (SSSR count). The molecule has 2 aromatic rings. The standard InChI is InChI=1S/C15H18N4S/c1-10-7-8-12(18(10)2)14-13(17-15(20)19(14)3)11-6-4-5-9-16-11/h4-9,13-14H,1-3H3,(H,17,20). The van der Waals surface area contributed by atoms with Crippen LogP contribution in [0.25, 0.3) is 0 Å². The lowest BCUT2D eigenvalue weighted by Gasteiger charge is -2.25. The van der Waals surface area contributed by atoms with Crippen LogP contribution in [-0.4, -0.2) is 26.6 Å². The van der Waals surface area contributed by atoms with Crippen molar-refractivity contribution in [3.05, 3.63) is 53.6 Å². The summed E-state index contributed by atoms with van der Waals surface area (Å²) in [7, 11) is 4.13. The van der Waals surface area contributed by atoms with Crippen LogP contribution in [-0.2, 0) is 7.05 Å². The molecule has 1 fully saturated rings. The Bertz CT molecular complexity index is 635. The van der Waals surface area contributed by atoms with E-state index < -0.39 is 0 Å². The van der Waals surface area contributed by atoms with Crippen LogP contribution in [0.2, 0.25) is 0 Å². The number of pyridine rings is 1. The molecule has 1 N–H and O–H groups in total. The smallest absolute Gasteiger partial charge is 0.169 e. The largest absolute Gasteiger partial charge is 0.352 e. The van der Waals surface area contributed by atoms with Gasteiger partial charge in [-0.05, 0) is 43.4 Å². The Labute approximate surface area is 124 Å². The first-order valence-corrected chi connectivity index (χ1v) is 7.07. The van der Waals surface area contributed by atoms with Crippen molar-refractivity contribution in [2.75, 3.05) is 7.05 Å². The molecule has 1 aliphatic rings. The molecule has 0 aliphatic carbocycles. The second-order valence-corrected chi connectivity index (χ2v) is 5.58. The number of aryl methyl sites for hydroxylation is 1. The number of thiocarbonyl (C=S) groups is 1. The Hall–Kier alpha value is -1.88. The van der Waals surface area contributed by atoms with E-state index in [1.54, 1.807) is 0 Å². The minimum atomic E-state index is 0.0849. The van der Waals surface area contributed by atoms with Gasteiger partial charge in [-0.1, -0.05) is 6.07 Å². The molecule has 104 valence electrons. The second kappa shape index (κ2) is 4.90. The summed E-state index contributed by atoms with van der Waals surface area (Å²) in [5.41, 5.74) is 3.50. The van der Waals surface area contributed by atoms with Crippen LogP contribution in [0.1, 0.15) is 29.2 Å². The normalized spacial score (nSPS) is 22.1. The summed E-state index contributed by atoms with van der Waals surface area (Å²) < 4.78 is 2.22. The third-order valence-corrected chi connectivity index (χ3v) is 4.46. The summed E-state index contributed by atoms with van der Waals surface area (Å²) in [6.07, 6.45) is 1.83. The highest BCUT2D eigenvalue weighted by Gasteiger charge is 2.38. The fraction of sp³-hybridized carbons (Fsp3) is 0.333. The van der Waals surface area contributed by atoms with Crippen molar-refractivity contribution < 1.29 is 0 Å². The van der Waals surface area contributed by atoms with Gasteiger partial charge in [-0.3, -0.25) is 4.98 Å². The lowest BCUT2D eigenvalue weighted by atomic mass is 10.0. The van der Waals surface area contributed by atoms with Crippen LogP contribution in [0, 0.1) is 6.92 Å². The molecule has 4 nitrogen and oxygen atoms in total. The van der Waals surface area contributed by atoms with Crippen molar-refractivity contribution in [1.82, 2.24) is 19.8 Å². The Balaban J connectivity index is 2.05. The van der Waals surface area contributed by atoms with Crippen LogP contribution in [0.15, 0.2) is 36.5 Å². The van der Waals surface area contributed by atoms with Gasteiger partial charge in [0, 0.05) is 31.7 Å².